The van der Waals surface area contributed by atoms with Crippen LogP contribution in [-0.4, -0.2) is 25.1 Å². The van der Waals surface area contributed by atoms with Gasteiger partial charge in [-0.05, 0) is 53.6 Å². The summed E-state index contributed by atoms with van der Waals surface area (Å²) in [4.78, 5) is 25.0. The molecule has 0 atom stereocenters. The van der Waals surface area contributed by atoms with Gasteiger partial charge in [-0.15, -0.1) is 0 Å². The second kappa shape index (κ2) is 11.3. The first-order valence-corrected chi connectivity index (χ1v) is 10.8. The summed E-state index contributed by atoms with van der Waals surface area (Å²) < 4.78 is 16.4. The van der Waals surface area contributed by atoms with Crippen LogP contribution >= 0.6 is 0 Å². The van der Waals surface area contributed by atoms with E-state index in [4.69, 9.17) is 13.9 Å². The van der Waals surface area contributed by atoms with E-state index in [1.165, 1.54) is 18.5 Å². The van der Waals surface area contributed by atoms with Crippen LogP contribution in [0.3, 0.4) is 0 Å². The number of hydrogen-bond acceptors (Lipinski definition) is 6. The second-order valence-electron chi connectivity index (χ2n) is 7.36. The lowest BCUT2D eigenvalue weighted by Crippen LogP contribution is -2.21. The van der Waals surface area contributed by atoms with Crippen molar-refractivity contribution in [2.45, 2.75) is 6.61 Å². The third kappa shape index (κ3) is 6.14. The van der Waals surface area contributed by atoms with Crippen LogP contribution in [0.5, 0.6) is 11.5 Å². The zero-order chi connectivity index (χ0) is 24.5. The highest BCUT2D eigenvalue weighted by atomic mass is 16.5. The lowest BCUT2D eigenvalue weighted by atomic mass is 10.1. The molecule has 8 nitrogen and oxygen atoms in total. The van der Waals surface area contributed by atoms with Gasteiger partial charge in [-0.3, -0.25) is 9.59 Å². The highest BCUT2D eigenvalue weighted by Gasteiger charge is 2.15. The van der Waals surface area contributed by atoms with Crippen LogP contribution in [0.25, 0.3) is 0 Å². The molecule has 0 fully saturated rings. The Morgan fingerprint density at radius 1 is 0.914 bits per heavy atom. The fourth-order valence-corrected chi connectivity index (χ4v) is 3.23. The molecule has 35 heavy (non-hydrogen) atoms. The van der Waals surface area contributed by atoms with E-state index in [1.54, 1.807) is 55.6 Å². The Bertz CT molecular complexity index is 1320. The number of benzene rings is 3. The van der Waals surface area contributed by atoms with Gasteiger partial charge in [0, 0.05) is 0 Å². The first-order chi connectivity index (χ1) is 17.1. The largest absolute Gasteiger partial charge is 0.493 e. The molecule has 0 bridgehead atoms. The molecular weight excluding hydrogens is 446 g/mol. The molecule has 0 unspecified atom stereocenters. The van der Waals surface area contributed by atoms with Crippen LogP contribution in [0.1, 0.15) is 32.0 Å². The predicted molar refractivity (Wildman–Crippen MR) is 132 cm³/mol. The van der Waals surface area contributed by atoms with Gasteiger partial charge in [-0.25, -0.2) is 5.43 Å². The van der Waals surface area contributed by atoms with Gasteiger partial charge in [0.25, 0.3) is 11.8 Å². The third-order valence-electron chi connectivity index (χ3n) is 4.97. The van der Waals surface area contributed by atoms with E-state index in [0.717, 1.165) is 5.56 Å². The Morgan fingerprint density at radius 3 is 2.49 bits per heavy atom. The number of anilines is 1. The van der Waals surface area contributed by atoms with E-state index in [9.17, 15) is 9.59 Å². The Labute approximate surface area is 202 Å². The van der Waals surface area contributed by atoms with E-state index in [2.05, 4.69) is 15.8 Å². The highest BCUT2D eigenvalue weighted by molar-refractivity contribution is 6.08. The minimum Gasteiger partial charge on any atom is -0.493 e. The molecule has 0 aliphatic heterocycles. The molecule has 0 radical (unpaired) electrons. The fraction of sp³-hybridized carbons (Fsp3) is 0.0741. The van der Waals surface area contributed by atoms with E-state index < -0.39 is 11.8 Å². The Kier molecular flexibility index (Phi) is 7.55. The summed E-state index contributed by atoms with van der Waals surface area (Å²) in [6.45, 7) is 0.413. The molecule has 0 aliphatic carbocycles. The van der Waals surface area contributed by atoms with Crippen molar-refractivity contribution in [3.63, 3.8) is 0 Å². The average Bonchev–Trinajstić information content (AvgIpc) is 3.44. The maximum absolute atomic E-state index is 12.7. The fourth-order valence-electron chi connectivity index (χ4n) is 3.23. The molecule has 2 amide bonds. The molecule has 8 heteroatoms. The zero-order valence-electron chi connectivity index (χ0n) is 18.9. The Morgan fingerprint density at radius 2 is 1.71 bits per heavy atom. The maximum Gasteiger partial charge on any atom is 0.291 e. The number of rotatable bonds is 9. The molecule has 1 aromatic heterocycles. The molecule has 0 saturated carbocycles. The first kappa shape index (κ1) is 23.3. The topological polar surface area (TPSA) is 102 Å². The Balaban J connectivity index is 1.39. The molecule has 0 spiro atoms. The molecule has 3 aromatic carbocycles. The molecule has 176 valence electrons. The van der Waals surface area contributed by atoms with Crippen LogP contribution in [0.4, 0.5) is 5.69 Å². The predicted octanol–water partition coefficient (Wildman–Crippen LogP) is 4.88. The van der Waals surface area contributed by atoms with Crippen molar-refractivity contribution in [3.8, 4) is 11.5 Å². The van der Waals surface area contributed by atoms with Gasteiger partial charge >= 0.3 is 0 Å². The quantitative estimate of drug-likeness (QED) is 0.269. The number of hydrogen-bond donors (Lipinski definition) is 2. The van der Waals surface area contributed by atoms with Crippen molar-refractivity contribution in [2.24, 2.45) is 5.10 Å². The van der Waals surface area contributed by atoms with Gasteiger partial charge in [-0.1, -0.05) is 42.5 Å². The molecule has 2 N–H and O–H groups in total. The number of hydrazone groups is 1. The van der Waals surface area contributed by atoms with Crippen LogP contribution in [-0.2, 0) is 6.61 Å². The minimum atomic E-state index is -0.480. The number of carbonyl (C=O) groups excluding carboxylic acids is 2. The molecular formula is C27H23N3O5. The monoisotopic (exact) mass is 469 g/mol. The van der Waals surface area contributed by atoms with Crippen molar-refractivity contribution in [1.29, 1.82) is 0 Å². The minimum absolute atomic E-state index is 0.142. The SMILES string of the molecule is COc1cc(/C=N\NC(=O)c2ccccc2NC(=O)c2ccco2)ccc1OCc1ccccc1. The Hall–Kier alpha value is -4.85. The number of amides is 2. The van der Waals surface area contributed by atoms with Crippen molar-refractivity contribution in [2.75, 3.05) is 12.4 Å². The molecule has 4 rings (SSSR count). The van der Waals surface area contributed by atoms with Gasteiger partial charge < -0.3 is 19.2 Å². The normalized spacial score (nSPS) is 10.7. The second-order valence-corrected chi connectivity index (χ2v) is 7.36. The van der Waals surface area contributed by atoms with Crippen molar-refractivity contribution < 1.29 is 23.5 Å². The number of para-hydroxylation sites is 1. The number of nitrogens with one attached hydrogen (secondary N) is 2. The zero-order valence-corrected chi connectivity index (χ0v) is 18.9. The van der Waals surface area contributed by atoms with E-state index in [0.29, 0.717) is 29.4 Å². The maximum atomic E-state index is 12.7. The highest BCUT2D eigenvalue weighted by Crippen LogP contribution is 2.28. The van der Waals surface area contributed by atoms with Gasteiger partial charge in [0.2, 0.25) is 0 Å². The van der Waals surface area contributed by atoms with Gasteiger partial charge in [0.15, 0.2) is 17.3 Å². The summed E-state index contributed by atoms with van der Waals surface area (Å²) in [5.41, 5.74) is 4.82. The standard InChI is InChI=1S/C27H23N3O5/c1-33-25-16-20(13-14-23(25)35-18-19-8-3-2-4-9-19)17-28-30-26(31)21-10-5-6-11-22(21)29-27(32)24-12-7-15-34-24/h2-17H,18H2,1H3,(H,29,32)(H,30,31)/b28-17-. The van der Waals surface area contributed by atoms with Crippen molar-refractivity contribution >= 4 is 23.7 Å². The van der Waals surface area contributed by atoms with Crippen LogP contribution in [0, 0.1) is 0 Å². The lowest BCUT2D eigenvalue weighted by molar-refractivity contribution is 0.0956. The van der Waals surface area contributed by atoms with E-state index in [1.807, 2.05) is 30.3 Å². The van der Waals surface area contributed by atoms with Crippen molar-refractivity contribution in [3.05, 3.63) is 114 Å². The summed E-state index contributed by atoms with van der Waals surface area (Å²) >= 11 is 0. The molecule has 1 heterocycles. The van der Waals surface area contributed by atoms with Gasteiger partial charge in [-0.2, -0.15) is 5.10 Å². The van der Waals surface area contributed by atoms with Crippen molar-refractivity contribution in [1.82, 2.24) is 5.43 Å². The summed E-state index contributed by atoms with van der Waals surface area (Å²) in [7, 11) is 1.56. The molecule has 0 saturated heterocycles. The lowest BCUT2D eigenvalue weighted by Gasteiger charge is -2.11. The first-order valence-electron chi connectivity index (χ1n) is 10.8. The summed E-state index contributed by atoms with van der Waals surface area (Å²) in [5, 5.41) is 6.71. The smallest absolute Gasteiger partial charge is 0.291 e. The average molecular weight is 469 g/mol. The van der Waals surface area contributed by atoms with Crippen LogP contribution in [0.2, 0.25) is 0 Å². The number of carbonyl (C=O) groups is 2. The third-order valence-corrected chi connectivity index (χ3v) is 4.97. The molecule has 4 aromatic rings. The number of nitrogens with zero attached hydrogens (tertiary/aromatic N) is 1. The van der Waals surface area contributed by atoms with Gasteiger partial charge in [0.1, 0.15) is 6.61 Å². The van der Waals surface area contributed by atoms with Crippen LogP contribution < -0.4 is 20.2 Å². The number of ether oxygens (including phenoxy) is 2. The van der Waals surface area contributed by atoms with Gasteiger partial charge in [0.05, 0.1) is 30.8 Å². The number of methoxy groups -OCH3 is 1. The molecule has 0 aliphatic rings. The number of furan rings is 1. The summed E-state index contributed by atoms with van der Waals surface area (Å²) in [6.07, 6.45) is 2.89. The van der Waals surface area contributed by atoms with E-state index >= 15 is 0 Å². The summed E-state index contributed by atoms with van der Waals surface area (Å²) in [6, 6.07) is 24.9. The van der Waals surface area contributed by atoms with Crippen LogP contribution in [0.15, 0.2) is 101 Å². The van der Waals surface area contributed by atoms with E-state index in [-0.39, 0.29) is 11.3 Å². The summed E-state index contributed by atoms with van der Waals surface area (Å²) in [5.74, 6) is 0.344.